The molecule has 1 aromatic rings. The van der Waals surface area contributed by atoms with Gasteiger partial charge in [-0.25, -0.2) is 0 Å². The van der Waals surface area contributed by atoms with Crippen molar-refractivity contribution in [3.8, 4) is 11.5 Å². The Morgan fingerprint density at radius 2 is 1.83 bits per heavy atom. The summed E-state index contributed by atoms with van der Waals surface area (Å²) in [6, 6.07) is 4.23. The van der Waals surface area contributed by atoms with Crippen LogP contribution in [0.4, 0.5) is 0 Å². The van der Waals surface area contributed by atoms with E-state index in [4.69, 9.17) is 15.2 Å². The average molecular weight is 249 g/mol. The van der Waals surface area contributed by atoms with Crippen LogP contribution in [0.2, 0.25) is 0 Å². The Hall–Kier alpha value is -1.22. The van der Waals surface area contributed by atoms with Crippen molar-refractivity contribution in [3.63, 3.8) is 0 Å². The lowest BCUT2D eigenvalue weighted by Gasteiger charge is -2.28. The molecule has 0 heterocycles. The van der Waals surface area contributed by atoms with Gasteiger partial charge in [-0.05, 0) is 37.0 Å². The highest BCUT2D eigenvalue weighted by molar-refractivity contribution is 5.52. The first-order valence-corrected chi connectivity index (χ1v) is 6.69. The Kier molecular flexibility index (Phi) is 3.81. The van der Waals surface area contributed by atoms with E-state index in [2.05, 4.69) is 13.0 Å². The molecular weight excluding hydrogens is 226 g/mol. The number of ether oxygens (including phenoxy) is 2. The van der Waals surface area contributed by atoms with E-state index in [9.17, 15) is 0 Å². The molecule has 2 N–H and O–H groups in total. The molecule has 1 aromatic carbocycles. The monoisotopic (exact) mass is 249 g/mol. The van der Waals surface area contributed by atoms with Gasteiger partial charge in [0.2, 0.25) is 0 Å². The van der Waals surface area contributed by atoms with E-state index < -0.39 is 0 Å². The van der Waals surface area contributed by atoms with Crippen LogP contribution in [-0.2, 0) is 12.0 Å². The third-order valence-corrected chi connectivity index (χ3v) is 3.98. The van der Waals surface area contributed by atoms with Gasteiger partial charge in [0.15, 0.2) is 11.5 Å². The first-order chi connectivity index (χ1) is 8.64. The van der Waals surface area contributed by atoms with Crippen LogP contribution >= 0.6 is 0 Å². The van der Waals surface area contributed by atoms with Crippen molar-refractivity contribution in [2.45, 2.75) is 44.6 Å². The molecule has 1 saturated carbocycles. The molecule has 3 heteroatoms. The molecule has 1 aliphatic carbocycles. The summed E-state index contributed by atoms with van der Waals surface area (Å²) in [5.41, 5.74) is 8.68. The lowest BCUT2D eigenvalue weighted by molar-refractivity contribution is 0.336. The summed E-state index contributed by atoms with van der Waals surface area (Å²) in [4.78, 5) is 0. The predicted octanol–water partition coefficient (Wildman–Crippen LogP) is 2.99. The first-order valence-electron chi connectivity index (χ1n) is 6.69. The molecular formula is C15H23NO2. The van der Waals surface area contributed by atoms with Crippen LogP contribution in [-0.4, -0.2) is 14.2 Å². The molecule has 1 aliphatic rings. The molecule has 0 atom stereocenters. The molecule has 1 fully saturated rings. The van der Waals surface area contributed by atoms with Crippen LogP contribution in [0.5, 0.6) is 11.5 Å². The predicted molar refractivity (Wildman–Crippen MR) is 73.3 cm³/mol. The second kappa shape index (κ2) is 5.19. The Morgan fingerprint density at radius 3 is 2.33 bits per heavy atom. The quantitative estimate of drug-likeness (QED) is 0.892. The van der Waals surface area contributed by atoms with Gasteiger partial charge in [0.1, 0.15) is 0 Å². The van der Waals surface area contributed by atoms with Gasteiger partial charge >= 0.3 is 0 Å². The maximum Gasteiger partial charge on any atom is 0.165 e. The summed E-state index contributed by atoms with van der Waals surface area (Å²) in [6.07, 6.45) is 5.42. The van der Waals surface area contributed by atoms with Gasteiger partial charge in [-0.15, -0.1) is 0 Å². The van der Waals surface area contributed by atoms with Crippen LogP contribution < -0.4 is 15.2 Å². The molecule has 2 rings (SSSR count). The van der Waals surface area contributed by atoms with E-state index in [1.54, 1.807) is 14.2 Å². The largest absolute Gasteiger partial charge is 0.493 e. The molecule has 0 spiro atoms. The number of benzene rings is 1. The fourth-order valence-corrected chi connectivity index (χ4v) is 2.87. The van der Waals surface area contributed by atoms with Crippen LogP contribution in [0.25, 0.3) is 0 Å². The molecule has 0 radical (unpaired) electrons. The summed E-state index contributed by atoms with van der Waals surface area (Å²) in [5.74, 6) is 1.60. The van der Waals surface area contributed by atoms with Crippen molar-refractivity contribution >= 4 is 0 Å². The van der Waals surface area contributed by atoms with Gasteiger partial charge < -0.3 is 15.2 Å². The molecule has 3 nitrogen and oxygen atoms in total. The highest BCUT2D eigenvalue weighted by Gasteiger charge is 2.35. The van der Waals surface area contributed by atoms with Crippen LogP contribution in [0.3, 0.4) is 0 Å². The number of nitrogens with two attached hydrogens (primary N) is 1. The number of hydrogen-bond acceptors (Lipinski definition) is 3. The summed E-state index contributed by atoms with van der Waals surface area (Å²) in [5, 5.41) is 0. The minimum absolute atomic E-state index is 0.246. The topological polar surface area (TPSA) is 44.5 Å². The van der Waals surface area contributed by atoms with Gasteiger partial charge in [0.05, 0.1) is 14.2 Å². The zero-order chi connectivity index (χ0) is 13.2. The van der Waals surface area contributed by atoms with E-state index in [-0.39, 0.29) is 5.54 Å². The van der Waals surface area contributed by atoms with E-state index >= 15 is 0 Å². The van der Waals surface area contributed by atoms with E-state index in [1.165, 1.54) is 18.4 Å². The molecule has 0 saturated heterocycles. The van der Waals surface area contributed by atoms with Crippen molar-refractivity contribution in [1.29, 1.82) is 0 Å². The third-order valence-electron chi connectivity index (χ3n) is 3.98. The highest BCUT2D eigenvalue weighted by Crippen LogP contribution is 2.44. The molecule has 100 valence electrons. The van der Waals surface area contributed by atoms with Gasteiger partial charge in [-0.1, -0.05) is 19.8 Å². The number of rotatable bonds is 4. The van der Waals surface area contributed by atoms with Crippen LogP contribution in [0, 0.1) is 0 Å². The second-order valence-corrected chi connectivity index (χ2v) is 5.10. The van der Waals surface area contributed by atoms with Gasteiger partial charge in [-0.3, -0.25) is 0 Å². The number of hydrogen-bond donors (Lipinski definition) is 1. The smallest absolute Gasteiger partial charge is 0.165 e. The van der Waals surface area contributed by atoms with Crippen molar-refractivity contribution in [2.24, 2.45) is 5.73 Å². The molecule has 18 heavy (non-hydrogen) atoms. The Morgan fingerprint density at radius 1 is 1.17 bits per heavy atom. The van der Waals surface area contributed by atoms with Crippen LogP contribution in [0.15, 0.2) is 12.1 Å². The molecule has 0 bridgehead atoms. The lowest BCUT2D eigenvalue weighted by atomic mass is 9.87. The average Bonchev–Trinajstić information content (AvgIpc) is 2.85. The second-order valence-electron chi connectivity index (χ2n) is 5.10. The molecule has 0 aliphatic heterocycles. The number of aryl methyl sites for hydroxylation is 1. The van der Waals surface area contributed by atoms with Gasteiger partial charge in [0, 0.05) is 11.1 Å². The summed E-state index contributed by atoms with van der Waals surface area (Å²) in [7, 11) is 3.37. The lowest BCUT2D eigenvalue weighted by Crippen LogP contribution is -2.33. The fraction of sp³-hybridized carbons (Fsp3) is 0.600. The Bertz CT molecular complexity index is 423. The zero-order valence-electron chi connectivity index (χ0n) is 11.6. The van der Waals surface area contributed by atoms with E-state index in [0.717, 1.165) is 36.3 Å². The van der Waals surface area contributed by atoms with Gasteiger partial charge in [0.25, 0.3) is 0 Å². The van der Waals surface area contributed by atoms with Gasteiger partial charge in [-0.2, -0.15) is 0 Å². The summed E-state index contributed by atoms with van der Waals surface area (Å²) in [6.45, 7) is 2.14. The van der Waals surface area contributed by atoms with E-state index in [0.29, 0.717) is 0 Å². The van der Waals surface area contributed by atoms with Crippen molar-refractivity contribution in [2.75, 3.05) is 14.2 Å². The first kappa shape index (κ1) is 13.2. The fourth-order valence-electron chi connectivity index (χ4n) is 2.87. The summed E-state index contributed by atoms with van der Waals surface area (Å²) < 4.78 is 11.0. The maximum absolute atomic E-state index is 6.57. The normalized spacial score (nSPS) is 17.8. The van der Waals surface area contributed by atoms with E-state index in [1.807, 2.05) is 6.07 Å². The SMILES string of the molecule is CCc1cc(OC)c(OC)c(C2(N)CCCC2)c1. The summed E-state index contributed by atoms with van der Waals surface area (Å²) >= 11 is 0. The third kappa shape index (κ3) is 2.19. The molecule has 0 amide bonds. The molecule has 0 aromatic heterocycles. The van der Waals surface area contributed by atoms with Crippen molar-refractivity contribution < 1.29 is 9.47 Å². The Labute approximate surface area is 109 Å². The standard InChI is InChI=1S/C15H23NO2/c1-4-11-9-12(15(16)7-5-6-8-15)14(18-3)13(10-11)17-2/h9-10H,4-8,16H2,1-3H3. The number of methoxy groups -OCH3 is 2. The Balaban J connectivity index is 2.55. The minimum Gasteiger partial charge on any atom is -0.493 e. The zero-order valence-corrected chi connectivity index (χ0v) is 11.6. The molecule has 0 unspecified atom stereocenters. The van der Waals surface area contributed by atoms with Crippen molar-refractivity contribution in [1.82, 2.24) is 0 Å². The minimum atomic E-state index is -0.246. The van der Waals surface area contributed by atoms with Crippen molar-refractivity contribution in [3.05, 3.63) is 23.3 Å². The highest BCUT2D eigenvalue weighted by atomic mass is 16.5. The maximum atomic E-state index is 6.57. The van der Waals surface area contributed by atoms with Crippen LogP contribution in [0.1, 0.15) is 43.7 Å².